The summed E-state index contributed by atoms with van der Waals surface area (Å²) in [5.74, 6) is 1.20. The molecule has 0 saturated carbocycles. The molecule has 1 aromatic heterocycles. The highest BCUT2D eigenvalue weighted by Gasteiger charge is 2.41. The Balaban J connectivity index is 1.54. The van der Waals surface area contributed by atoms with Crippen LogP contribution in [0.4, 0.5) is 17.1 Å². The lowest BCUT2D eigenvalue weighted by Crippen LogP contribution is -2.44. The van der Waals surface area contributed by atoms with E-state index in [-0.39, 0.29) is 0 Å². The van der Waals surface area contributed by atoms with Gasteiger partial charge in [-0.05, 0) is 43.1 Å². The molecule has 27 heavy (non-hydrogen) atoms. The molecule has 3 aliphatic rings. The van der Waals surface area contributed by atoms with Gasteiger partial charge in [-0.25, -0.2) is 4.98 Å². The predicted octanol–water partition coefficient (Wildman–Crippen LogP) is 2.94. The number of aryl methyl sites for hydroxylation is 1. The van der Waals surface area contributed by atoms with Crippen LogP contribution in [0.3, 0.4) is 0 Å². The van der Waals surface area contributed by atoms with Gasteiger partial charge in [-0.1, -0.05) is 0 Å². The third kappa shape index (κ3) is 2.84. The standard InChI is InChI=1S/C21H26N4O2/c1-13-7-20(26-2)23-11-18(13)24-15-8-14-12-27-6-5-25-19-3-4-22-10-17(19)16(9-15)21(14)25/h7-9,11,17,19,22,24H,3-6,10,12H2,1-2H3/t17-,19-/m0/s1. The average molecular weight is 366 g/mol. The summed E-state index contributed by atoms with van der Waals surface area (Å²) in [5, 5.41) is 7.16. The summed E-state index contributed by atoms with van der Waals surface area (Å²) in [7, 11) is 1.64. The fourth-order valence-corrected chi connectivity index (χ4v) is 4.79. The van der Waals surface area contributed by atoms with Crippen LogP contribution in [0.15, 0.2) is 24.4 Å². The number of benzene rings is 1. The first-order valence-corrected chi connectivity index (χ1v) is 9.74. The smallest absolute Gasteiger partial charge is 0.213 e. The molecule has 1 aromatic carbocycles. The van der Waals surface area contributed by atoms with Gasteiger partial charge in [-0.15, -0.1) is 0 Å². The Morgan fingerprint density at radius 2 is 2.26 bits per heavy atom. The fraction of sp³-hybridized carbons (Fsp3) is 0.476. The summed E-state index contributed by atoms with van der Waals surface area (Å²) in [6.45, 7) is 6.71. The molecule has 0 aliphatic carbocycles. The second-order valence-corrected chi connectivity index (χ2v) is 7.65. The molecule has 6 heteroatoms. The first-order valence-electron chi connectivity index (χ1n) is 9.74. The minimum Gasteiger partial charge on any atom is -0.481 e. The molecule has 1 fully saturated rings. The second kappa shape index (κ2) is 6.69. The van der Waals surface area contributed by atoms with E-state index in [4.69, 9.17) is 9.47 Å². The van der Waals surface area contributed by atoms with Crippen LogP contribution in [-0.2, 0) is 11.3 Å². The number of pyridine rings is 1. The van der Waals surface area contributed by atoms with Crippen molar-refractivity contribution >= 4 is 17.1 Å². The van der Waals surface area contributed by atoms with Crippen molar-refractivity contribution in [3.05, 3.63) is 41.1 Å². The molecule has 6 nitrogen and oxygen atoms in total. The van der Waals surface area contributed by atoms with Gasteiger partial charge in [0.25, 0.3) is 0 Å². The van der Waals surface area contributed by atoms with Crippen LogP contribution < -0.4 is 20.3 Å². The second-order valence-electron chi connectivity index (χ2n) is 7.65. The van der Waals surface area contributed by atoms with Gasteiger partial charge in [0, 0.05) is 48.1 Å². The largest absolute Gasteiger partial charge is 0.481 e. The number of nitrogens with one attached hydrogen (secondary N) is 2. The quantitative estimate of drug-likeness (QED) is 0.871. The van der Waals surface area contributed by atoms with E-state index in [1.807, 2.05) is 12.3 Å². The third-order valence-corrected chi connectivity index (χ3v) is 6.06. The number of rotatable bonds is 3. The Kier molecular flexibility index (Phi) is 4.17. The van der Waals surface area contributed by atoms with Gasteiger partial charge in [0.15, 0.2) is 0 Å². The predicted molar refractivity (Wildman–Crippen MR) is 106 cm³/mol. The molecule has 0 amide bonds. The van der Waals surface area contributed by atoms with Gasteiger partial charge in [0.05, 0.1) is 32.2 Å². The Bertz CT molecular complexity index is 870. The number of anilines is 3. The SMILES string of the molecule is COc1cc(C)c(Nc2cc3c4c(c2)[C@@H]2CNCC[C@@H]2N4CCOC3)cn1. The maximum absolute atomic E-state index is 5.91. The summed E-state index contributed by atoms with van der Waals surface area (Å²) in [6.07, 6.45) is 3.04. The topological polar surface area (TPSA) is 58.7 Å². The van der Waals surface area contributed by atoms with E-state index in [2.05, 4.69) is 39.6 Å². The Morgan fingerprint density at radius 3 is 3.11 bits per heavy atom. The van der Waals surface area contributed by atoms with Crippen LogP contribution in [0.1, 0.15) is 29.0 Å². The number of fused-ring (bicyclic) bond motifs is 3. The summed E-state index contributed by atoms with van der Waals surface area (Å²) in [5.41, 5.74) is 7.39. The zero-order chi connectivity index (χ0) is 18.4. The molecule has 2 aromatic rings. The van der Waals surface area contributed by atoms with E-state index in [0.29, 0.717) is 24.4 Å². The van der Waals surface area contributed by atoms with Crippen molar-refractivity contribution in [3.63, 3.8) is 0 Å². The Hall–Kier alpha value is -2.31. The molecular formula is C21H26N4O2. The van der Waals surface area contributed by atoms with Crippen molar-refractivity contribution in [2.24, 2.45) is 0 Å². The van der Waals surface area contributed by atoms with Crippen LogP contribution in [0.25, 0.3) is 0 Å². The van der Waals surface area contributed by atoms with Crippen LogP contribution in [0.5, 0.6) is 5.88 Å². The molecule has 0 unspecified atom stereocenters. The summed E-state index contributed by atoms with van der Waals surface area (Å²) in [4.78, 5) is 6.95. The highest BCUT2D eigenvalue weighted by Crippen LogP contribution is 2.47. The number of hydrogen-bond donors (Lipinski definition) is 2. The van der Waals surface area contributed by atoms with Crippen molar-refractivity contribution < 1.29 is 9.47 Å². The normalized spacial score (nSPS) is 23.4. The van der Waals surface area contributed by atoms with Gasteiger partial charge in [-0.3, -0.25) is 0 Å². The monoisotopic (exact) mass is 366 g/mol. The Labute approximate surface area is 159 Å². The lowest BCUT2D eigenvalue weighted by atomic mass is 9.89. The van der Waals surface area contributed by atoms with Gasteiger partial charge in [0.2, 0.25) is 5.88 Å². The number of piperidine rings is 1. The van der Waals surface area contributed by atoms with E-state index in [1.54, 1.807) is 7.11 Å². The minimum absolute atomic E-state index is 0.558. The number of aromatic nitrogens is 1. The van der Waals surface area contributed by atoms with Crippen molar-refractivity contribution in [1.29, 1.82) is 0 Å². The van der Waals surface area contributed by atoms with Crippen molar-refractivity contribution in [3.8, 4) is 5.88 Å². The molecule has 0 spiro atoms. The van der Waals surface area contributed by atoms with E-state index in [1.165, 1.54) is 23.2 Å². The first-order chi connectivity index (χ1) is 13.2. The third-order valence-electron chi connectivity index (χ3n) is 6.06. The van der Waals surface area contributed by atoms with E-state index >= 15 is 0 Å². The Morgan fingerprint density at radius 1 is 1.33 bits per heavy atom. The van der Waals surface area contributed by atoms with Crippen LogP contribution in [0.2, 0.25) is 0 Å². The fourth-order valence-electron chi connectivity index (χ4n) is 4.79. The molecule has 1 saturated heterocycles. The van der Waals surface area contributed by atoms with Gasteiger partial charge in [-0.2, -0.15) is 0 Å². The molecule has 4 heterocycles. The molecular weight excluding hydrogens is 340 g/mol. The van der Waals surface area contributed by atoms with Crippen molar-refractivity contribution in [2.45, 2.75) is 31.9 Å². The molecule has 142 valence electrons. The van der Waals surface area contributed by atoms with Crippen LogP contribution >= 0.6 is 0 Å². The lowest BCUT2D eigenvalue weighted by Gasteiger charge is -2.33. The van der Waals surface area contributed by atoms with Gasteiger partial charge >= 0.3 is 0 Å². The molecule has 2 atom stereocenters. The van der Waals surface area contributed by atoms with Crippen molar-refractivity contribution in [2.75, 3.05) is 43.6 Å². The first kappa shape index (κ1) is 16.8. The van der Waals surface area contributed by atoms with Crippen LogP contribution in [0, 0.1) is 6.92 Å². The lowest BCUT2D eigenvalue weighted by molar-refractivity contribution is 0.130. The van der Waals surface area contributed by atoms with Crippen LogP contribution in [-0.4, -0.2) is 44.4 Å². The number of ether oxygens (including phenoxy) is 2. The highest BCUT2D eigenvalue weighted by atomic mass is 16.5. The highest BCUT2D eigenvalue weighted by molar-refractivity contribution is 5.74. The molecule has 3 aliphatic heterocycles. The van der Waals surface area contributed by atoms with Gasteiger partial charge < -0.3 is 25.0 Å². The minimum atomic E-state index is 0.558. The van der Waals surface area contributed by atoms with Gasteiger partial charge in [0.1, 0.15) is 0 Å². The molecule has 0 radical (unpaired) electrons. The average Bonchev–Trinajstić information content (AvgIpc) is 2.85. The number of hydrogen-bond acceptors (Lipinski definition) is 6. The summed E-state index contributed by atoms with van der Waals surface area (Å²) in [6, 6.07) is 7.13. The maximum Gasteiger partial charge on any atom is 0.213 e. The maximum atomic E-state index is 5.91. The molecule has 2 N–H and O–H groups in total. The zero-order valence-electron chi connectivity index (χ0n) is 15.9. The summed E-state index contributed by atoms with van der Waals surface area (Å²) < 4.78 is 11.1. The van der Waals surface area contributed by atoms with E-state index in [9.17, 15) is 0 Å². The number of methoxy groups -OCH3 is 1. The molecule has 5 rings (SSSR count). The van der Waals surface area contributed by atoms with E-state index in [0.717, 1.165) is 43.2 Å². The number of nitrogens with zero attached hydrogens (tertiary/aromatic N) is 2. The summed E-state index contributed by atoms with van der Waals surface area (Å²) >= 11 is 0. The van der Waals surface area contributed by atoms with Crippen molar-refractivity contribution in [1.82, 2.24) is 10.3 Å². The molecule has 0 bridgehead atoms. The zero-order valence-corrected chi connectivity index (χ0v) is 15.9. The van der Waals surface area contributed by atoms with E-state index < -0.39 is 0 Å².